The van der Waals surface area contributed by atoms with E-state index in [0.717, 1.165) is 11.8 Å². The predicted octanol–water partition coefficient (Wildman–Crippen LogP) is 1.68. The Labute approximate surface area is 112 Å². The Morgan fingerprint density at radius 1 is 1.21 bits per heavy atom. The van der Waals surface area contributed by atoms with Crippen molar-refractivity contribution < 1.29 is 8.42 Å². The number of pyridine rings is 1. The number of nitrogens with zero attached hydrogens (tertiary/aromatic N) is 1. The zero-order chi connectivity index (χ0) is 13.9. The van der Waals surface area contributed by atoms with Gasteiger partial charge in [0.1, 0.15) is 10.7 Å². The van der Waals surface area contributed by atoms with E-state index in [9.17, 15) is 8.42 Å². The molecule has 0 bridgehead atoms. The highest BCUT2D eigenvalue weighted by molar-refractivity contribution is 7.90. The Balaban J connectivity index is 2.24. The average Bonchev–Trinajstić information content (AvgIpc) is 2.37. The Hall–Kier alpha value is -2.08. The van der Waals surface area contributed by atoms with E-state index in [2.05, 4.69) is 10.3 Å². The lowest BCUT2D eigenvalue weighted by atomic mass is 10.2. The Kier molecular flexibility index (Phi) is 3.71. The molecule has 6 heteroatoms. The van der Waals surface area contributed by atoms with E-state index in [0.29, 0.717) is 18.1 Å². The van der Waals surface area contributed by atoms with Crippen LogP contribution in [0, 0.1) is 0 Å². The smallest absolute Gasteiger partial charge is 0.179 e. The number of hydrogen-bond acceptors (Lipinski definition) is 5. The van der Waals surface area contributed by atoms with Crippen LogP contribution in [0.25, 0.3) is 0 Å². The predicted molar refractivity (Wildman–Crippen MR) is 75.5 cm³/mol. The number of sulfone groups is 1. The summed E-state index contributed by atoms with van der Waals surface area (Å²) in [6.45, 7) is 0.423. The van der Waals surface area contributed by atoms with Crippen molar-refractivity contribution >= 4 is 21.3 Å². The van der Waals surface area contributed by atoms with Crippen molar-refractivity contribution in [2.75, 3.05) is 17.3 Å². The second-order valence-corrected chi connectivity index (χ2v) is 6.16. The highest BCUT2D eigenvalue weighted by atomic mass is 32.2. The number of rotatable bonds is 4. The van der Waals surface area contributed by atoms with Gasteiger partial charge in [0, 0.05) is 24.7 Å². The second kappa shape index (κ2) is 5.27. The third-order valence-electron chi connectivity index (χ3n) is 2.67. The third-order valence-corrected chi connectivity index (χ3v) is 3.80. The van der Waals surface area contributed by atoms with E-state index in [1.54, 1.807) is 18.3 Å². The van der Waals surface area contributed by atoms with Crippen LogP contribution < -0.4 is 11.1 Å². The summed E-state index contributed by atoms with van der Waals surface area (Å²) in [6.07, 6.45) is 2.71. The number of benzene rings is 1. The summed E-state index contributed by atoms with van der Waals surface area (Å²) in [5.41, 5.74) is 7.38. The third kappa shape index (κ3) is 3.23. The fraction of sp³-hybridized carbons (Fsp3) is 0.154. The first kappa shape index (κ1) is 13.4. The molecule has 2 aromatic rings. The van der Waals surface area contributed by atoms with Crippen LogP contribution >= 0.6 is 0 Å². The van der Waals surface area contributed by atoms with Crippen molar-refractivity contribution in [2.45, 2.75) is 11.4 Å². The van der Waals surface area contributed by atoms with E-state index in [4.69, 9.17) is 5.73 Å². The molecule has 0 spiro atoms. The summed E-state index contributed by atoms with van der Waals surface area (Å²) < 4.78 is 23.3. The minimum atomic E-state index is -3.30. The van der Waals surface area contributed by atoms with Crippen LogP contribution in [0.1, 0.15) is 5.56 Å². The van der Waals surface area contributed by atoms with Gasteiger partial charge in [0.25, 0.3) is 0 Å². The summed E-state index contributed by atoms with van der Waals surface area (Å²) in [4.78, 5) is 4.24. The van der Waals surface area contributed by atoms with Gasteiger partial charge in [-0.3, -0.25) is 0 Å². The van der Waals surface area contributed by atoms with Crippen molar-refractivity contribution in [1.29, 1.82) is 0 Å². The lowest BCUT2D eigenvalue weighted by molar-refractivity contribution is 0.601. The van der Waals surface area contributed by atoms with E-state index < -0.39 is 9.84 Å². The number of nitrogens with one attached hydrogen (secondary N) is 1. The summed E-state index contributed by atoms with van der Waals surface area (Å²) in [5, 5.41) is 3.01. The maximum atomic E-state index is 11.6. The molecule has 0 aliphatic carbocycles. The molecule has 1 heterocycles. The first-order chi connectivity index (χ1) is 8.98. The molecule has 0 fully saturated rings. The molecule has 0 aliphatic rings. The van der Waals surface area contributed by atoms with Crippen molar-refractivity contribution in [2.24, 2.45) is 0 Å². The molecule has 0 unspecified atom stereocenters. The molecule has 1 aromatic heterocycles. The van der Waals surface area contributed by atoms with E-state index >= 15 is 0 Å². The number of anilines is 2. The van der Waals surface area contributed by atoms with Crippen LogP contribution in [0.2, 0.25) is 0 Å². The van der Waals surface area contributed by atoms with Gasteiger partial charge in [-0.25, -0.2) is 13.4 Å². The van der Waals surface area contributed by atoms with Crippen LogP contribution in [0.5, 0.6) is 0 Å². The molecule has 1 aromatic carbocycles. The van der Waals surface area contributed by atoms with Crippen LogP contribution in [0.3, 0.4) is 0 Å². The first-order valence-electron chi connectivity index (χ1n) is 5.71. The van der Waals surface area contributed by atoms with Gasteiger partial charge in [-0.2, -0.15) is 0 Å². The lowest BCUT2D eigenvalue weighted by Crippen LogP contribution is -2.08. The number of hydrogen-bond donors (Lipinski definition) is 2. The number of nitrogen functional groups attached to an aromatic ring is 1. The SMILES string of the molecule is CS(=O)(=O)c1cccnc1NCc1ccccc1N. The largest absolute Gasteiger partial charge is 0.398 e. The van der Waals surface area contributed by atoms with Crippen LogP contribution in [-0.4, -0.2) is 19.7 Å². The Morgan fingerprint density at radius 3 is 2.63 bits per heavy atom. The molecular formula is C13H15N3O2S. The van der Waals surface area contributed by atoms with Gasteiger partial charge in [-0.1, -0.05) is 18.2 Å². The zero-order valence-corrected chi connectivity index (χ0v) is 11.3. The standard InChI is InChI=1S/C13H15N3O2S/c1-19(17,18)12-7-4-8-15-13(12)16-9-10-5-2-3-6-11(10)14/h2-8H,9,14H2,1H3,(H,15,16). The fourth-order valence-electron chi connectivity index (χ4n) is 1.70. The van der Waals surface area contributed by atoms with Crippen LogP contribution in [-0.2, 0) is 16.4 Å². The van der Waals surface area contributed by atoms with Crippen molar-refractivity contribution in [3.05, 3.63) is 48.2 Å². The maximum Gasteiger partial charge on any atom is 0.179 e. The minimum absolute atomic E-state index is 0.185. The lowest BCUT2D eigenvalue weighted by Gasteiger charge is -2.10. The van der Waals surface area contributed by atoms with E-state index in [-0.39, 0.29) is 4.90 Å². The van der Waals surface area contributed by atoms with Gasteiger partial charge < -0.3 is 11.1 Å². The number of nitrogens with two attached hydrogens (primary N) is 1. The fourth-order valence-corrected chi connectivity index (χ4v) is 2.50. The average molecular weight is 277 g/mol. The van der Waals surface area contributed by atoms with Gasteiger partial charge >= 0.3 is 0 Å². The molecule has 19 heavy (non-hydrogen) atoms. The van der Waals surface area contributed by atoms with Gasteiger partial charge in [-0.05, 0) is 23.8 Å². The van der Waals surface area contributed by atoms with Gasteiger partial charge in [0.2, 0.25) is 0 Å². The van der Waals surface area contributed by atoms with Crippen molar-refractivity contribution in [3.63, 3.8) is 0 Å². The number of para-hydroxylation sites is 1. The topological polar surface area (TPSA) is 85.1 Å². The van der Waals surface area contributed by atoms with E-state index in [1.165, 1.54) is 6.07 Å². The van der Waals surface area contributed by atoms with Gasteiger partial charge in [0.15, 0.2) is 9.84 Å². The van der Waals surface area contributed by atoms with Crippen LogP contribution in [0.15, 0.2) is 47.5 Å². The van der Waals surface area contributed by atoms with Gasteiger partial charge in [-0.15, -0.1) is 0 Å². The Bertz CT molecular complexity index is 684. The highest BCUT2D eigenvalue weighted by Gasteiger charge is 2.13. The molecule has 0 saturated carbocycles. The molecule has 0 aliphatic heterocycles. The van der Waals surface area contributed by atoms with Gasteiger partial charge in [0.05, 0.1) is 0 Å². The molecule has 0 saturated heterocycles. The second-order valence-electron chi connectivity index (χ2n) is 4.17. The number of aromatic nitrogens is 1. The molecule has 0 radical (unpaired) electrons. The quantitative estimate of drug-likeness (QED) is 0.830. The molecule has 0 atom stereocenters. The summed E-state index contributed by atoms with van der Waals surface area (Å²) in [6, 6.07) is 10.5. The molecule has 3 N–H and O–H groups in total. The molecule has 5 nitrogen and oxygen atoms in total. The molecule has 2 rings (SSSR count). The summed E-state index contributed by atoms with van der Waals surface area (Å²) in [5.74, 6) is 0.341. The van der Waals surface area contributed by atoms with Crippen LogP contribution in [0.4, 0.5) is 11.5 Å². The highest BCUT2D eigenvalue weighted by Crippen LogP contribution is 2.19. The molecule has 100 valence electrons. The van der Waals surface area contributed by atoms with Crippen molar-refractivity contribution in [1.82, 2.24) is 4.98 Å². The molecule has 0 amide bonds. The van der Waals surface area contributed by atoms with Crippen molar-refractivity contribution in [3.8, 4) is 0 Å². The zero-order valence-electron chi connectivity index (χ0n) is 10.5. The summed E-state index contributed by atoms with van der Waals surface area (Å²) in [7, 11) is -3.30. The minimum Gasteiger partial charge on any atom is -0.398 e. The monoisotopic (exact) mass is 277 g/mol. The summed E-state index contributed by atoms with van der Waals surface area (Å²) >= 11 is 0. The van der Waals surface area contributed by atoms with E-state index in [1.807, 2.05) is 18.2 Å². The Morgan fingerprint density at radius 2 is 1.95 bits per heavy atom. The first-order valence-corrected chi connectivity index (χ1v) is 7.60. The normalized spacial score (nSPS) is 11.2. The maximum absolute atomic E-state index is 11.6. The molecular weight excluding hydrogens is 262 g/mol.